The molecule has 0 fully saturated rings. The van der Waals surface area contributed by atoms with Crippen molar-refractivity contribution in [3.63, 3.8) is 0 Å². The van der Waals surface area contributed by atoms with Gasteiger partial charge in [0, 0.05) is 12.0 Å². The molecule has 0 aromatic heterocycles. The van der Waals surface area contributed by atoms with Crippen molar-refractivity contribution in [3.8, 4) is 0 Å². The van der Waals surface area contributed by atoms with E-state index < -0.39 is 0 Å². The lowest BCUT2D eigenvalue weighted by atomic mass is 9.97. The Balaban J connectivity index is 4.59. The smallest absolute Gasteiger partial charge is 0.152 e. The van der Waals surface area contributed by atoms with Gasteiger partial charge >= 0.3 is 0 Å². The van der Waals surface area contributed by atoms with Crippen LogP contribution < -0.4 is 0 Å². The van der Waals surface area contributed by atoms with E-state index >= 15 is 0 Å². The predicted octanol–water partition coefficient (Wildman–Crippen LogP) is 2.72. The molecule has 14 heavy (non-hydrogen) atoms. The summed E-state index contributed by atoms with van der Waals surface area (Å²) in [6, 6.07) is 0.563. The molecule has 0 bridgehead atoms. The molecule has 0 radical (unpaired) electrons. The Morgan fingerprint density at radius 1 is 1.14 bits per heavy atom. The third-order valence-corrected chi connectivity index (χ3v) is 2.71. The summed E-state index contributed by atoms with van der Waals surface area (Å²) in [4.78, 5) is 14.2. The Morgan fingerprint density at radius 2 is 1.64 bits per heavy atom. The van der Waals surface area contributed by atoms with Crippen molar-refractivity contribution in [2.75, 3.05) is 6.54 Å². The first-order chi connectivity index (χ1) is 6.45. The lowest BCUT2D eigenvalue weighted by molar-refractivity contribution is -0.128. The molecule has 2 heteroatoms. The van der Waals surface area contributed by atoms with Crippen molar-refractivity contribution in [1.82, 2.24) is 4.90 Å². The maximum absolute atomic E-state index is 11.9. The fraction of sp³-hybridized carbons (Fsp3) is 0.917. The molecule has 0 heterocycles. The van der Waals surface area contributed by atoms with Gasteiger partial charge in [-0.2, -0.15) is 0 Å². The van der Waals surface area contributed by atoms with E-state index in [1.807, 2.05) is 13.8 Å². The monoisotopic (exact) mass is 199 g/mol. The Bertz CT molecular complexity index is 175. The highest BCUT2D eigenvalue weighted by atomic mass is 16.1. The summed E-state index contributed by atoms with van der Waals surface area (Å²) < 4.78 is 0. The summed E-state index contributed by atoms with van der Waals surface area (Å²) in [5, 5.41) is 0. The van der Waals surface area contributed by atoms with Crippen LogP contribution in [0.25, 0.3) is 0 Å². The summed E-state index contributed by atoms with van der Waals surface area (Å²) in [6.45, 7) is 13.4. The first-order valence-electron chi connectivity index (χ1n) is 5.75. The molecule has 0 saturated carbocycles. The third-order valence-electron chi connectivity index (χ3n) is 2.71. The van der Waals surface area contributed by atoms with E-state index in [0.717, 1.165) is 13.0 Å². The summed E-state index contributed by atoms with van der Waals surface area (Å²) in [5.41, 5.74) is 0. The van der Waals surface area contributed by atoms with Crippen LogP contribution >= 0.6 is 0 Å². The number of nitrogens with zero attached hydrogens (tertiary/aromatic N) is 1. The molecule has 0 rings (SSSR count). The predicted molar refractivity (Wildman–Crippen MR) is 61.4 cm³/mol. The highest BCUT2D eigenvalue weighted by Gasteiger charge is 2.26. The minimum Gasteiger partial charge on any atom is -0.298 e. The fourth-order valence-corrected chi connectivity index (χ4v) is 1.93. The van der Waals surface area contributed by atoms with Gasteiger partial charge in [-0.3, -0.25) is 9.69 Å². The van der Waals surface area contributed by atoms with E-state index in [2.05, 4.69) is 32.6 Å². The van der Waals surface area contributed by atoms with Gasteiger partial charge < -0.3 is 0 Å². The van der Waals surface area contributed by atoms with Crippen LogP contribution in [0.15, 0.2) is 0 Å². The molecule has 1 atom stereocenters. The molecule has 0 spiro atoms. The Labute approximate surface area is 88.7 Å². The van der Waals surface area contributed by atoms with Crippen LogP contribution in [-0.2, 0) is 4.79 Å². The van der Waals surface area contributed by atoms with Crippen LogP contribution in [0, 0.1) is 5.92 Å². The standard InChI is InChI=1S/C12H25NO/c1-7-11(12(14)9(3)4)13(8-2)10(5)6/h9-11H,7-8H2,1-6H3. The molecule has 0 amide bonds. The van der Waals surface area contributed by atoms with E-state index in [1.54, 1.807) is 0 Å². The lowest BCUT2D eigenvalue weighted by Gasteiger charge is -2.33. The second-order valence-electron chi connectivity index (χ2n) is 4.41. The number of carbonyl (C=O) groups excluding carboxylic acids is 1. The van der Waals surface area contributed by atoms with Crippen molar-refractivity contribution in [3.05, 3.63) is 0 Å². The van der Waals surface area contributed by atoms with Gasteiger partial charge in [0.05, 0.1) is 6.04 Å². The van der Waals surface area contributed by atoms with Crippen LogP contribution in [0.4, 0.5) is 0 Å². The maximum Gasteiger partial charge on any atom is 0.152 e. The summed E-state index contributed by atoms with van der Waals surface area (Å²) in [7, 11) is 0. The van der Waals surface area contributed by atoms with Crippen molar-refractivity contribution in [1.29, 1.82) is 0 Å². The van der Waals surface area contributed by atoms with Crippen LogP contribution in [0.2, 0.25) is 0 Å². The van der Waals surface area contributed by atoms with Crippen molar-refractivity contribution >= 4 is 5.78 Å². The van der Waals surface area contributed by atoms with E-state index in [4.69, 9.17) is 0 Å². The van der Waals surface area contributed by atoms with Gasteiger partial charge in [0.25, 0.3) is 0 Å². The molecular formula is C12H25NO. The average Bonchev–Trinajstić information content (AvgIpc) is 2.11. The van der Waals surface area contributed by atoms with Gasteiger partial charge in [-0.15, -0.1) is 0 Å². The maximum atomic E-state index is 11.9. The minimum atomic E-state index is 0.111. The van der Waals surface area contributed by atoms with Gasteiger partial charge in [-0.1, -0.05) is 27.7 Å². The van der Waals surface area contributed by atoms with E-state index in [0.29, 0.717) is 11.8 Å². The Morgan fingerprint density at radius 3 is 1.86 bits per heavy atom. The molecule has 0 aliphatic heterocycles. The van der Waals surface area contributed by atoms with E-state index in [1.165, 1.54) is 0 Å². The van der Waals surface area contributed by atoms with Crippen LogP contribution in [0.3, 0.4) is 0 Å². The third kappa shape index (κ3) is 3.41. The second kappa shape index (κ2) is 6.18. The molecule has 0 aliphatic rings. The van der Waals surface area contributed by atoms with Crippen LogP contribution in [0.1, 0.15) is 48.0 Å². The highest BCUT2D eigenvalue weighted by molar-refractivity contribution is 5.85. The summed E-state index contributed by atoms with van der Waals surface area (Å²) in [5.74, 6) is 0.524. The van der Waals surface area contributed by atoms with E-state index in [9.17, 15) is 4.79 Å². The number of Topliss-reactive ketones (excluding diaryl/α,β-unsaturated/α-hetero) is 1. The minimum absolute atomic E-state index is 0.111. The topological polar surface area (TPSA) is 20.3 Å². The molecular weight excluding hydrogens is 174 g/mol. The molecule has 0 N–H and O–H groups in total. The number of hydrogen-bond acceptors (Lipinski definition) is 2. The number of rotatable bonds is 6. The molecule has 1 unspecified atom stereocenters. The van der Waals surface area contributed by atoms with Crippen LogP contribution in [0.5, 0.6) is 0 Å². The molecule has 0 aromatic carbocycles. The molecule has 84 valence electrons. The van der Waals surface area contributed by atoms with Gasteiger partial charge in [-0.05, 0) is 26.8 Å². The first-order valence-corrected chi connectivity index (χ1v) is 5.75. The largest absolute Gasteiger partial charge is 0.298 e. The zero-order valence-corrected chi connectivity index (χ0v) is 10.5. The summed E-state index contributed by atoms with van der Waals surface area (Å²) >= 11 is 0. The zero-order valence-electron chi connectivity index (χ0n) is 10.5. The molecule has 0 aliphatic carbocycles. The number of likely N-dealkylation sites (N-methyl/N-ethyl adjacent to an activating group) is 1. The second-order valence-corrected chi connectivity index (χ2v) is 4.41. The Hall–Kier alpha value is -0.370. The van der Waals surface area contributed by atoms with Crippen molar-refractivity contribution in [2.24, 2.45) is 5.92 Å². The Kier molecular flexibility index (Phi) is 6.01. The molecule has 2 nitrogen and oxygen atoms in total. The van der Waals surface area contributed by atoms with E-state index in [-0.39, 0.29) is 12.0 Å². The molecule has 0 aromatic rings. The summed E-state index contributed by atoms with van der Waals surface area (Å²) in [6.07, 6.45) is 0.920. The van der Waals surface area contributed by atoms with Crippen molar-refractivity contribution in [2.45, 2.75) is 60.0 Å². The number of ketones is 1. The number of carbonyl (C=O) groups is 1. The normalized spacial score (nSPS) is 14.1. The quantitative estimate of drug-likeness (QED) is 0.655. The first kappa shape index (κ1) is 13.6. The van der Waals surface area contributed by atoms with Gasteiger partial charge in [-0.25, -0.2) is 0 Å². The average molecular weight is 199 g/mol. The lowest BCUT2D eigenvalue weighted by Crippen LogP contribution is -2.46. The fourth-order valence-electron chi connectivity index (χ4n) is 1.93. The SMILES string of the molecule is CCC(C(=O)C(C)C)N(CC)C(C)C. The molecule has 0 saturated heterocycles. The zero-order chi connectivity index (χ0) is 11.3. The van der Waals surface area contributed by atoms with Crippen molar-refractivity contribution < 1.29 is 4.79 Å². The van der Waals surface area contributed by atoms with Gasteiger partial charge in [0.1, 0.15) is 0 Å². The highest BCUT2D eigenvalue weighted by Crippen LogP contribution is 2.13. The van der Waals surface area contributed by atoms with Gasteiger partial charge in [0.15, 0.2) is 5.78 Å². The number of hydrogen-bond donors (Lipinski definition) is 0. The van der Waals surface area contributed by atoms with Crippen LogP contribution in [-0.4, -0.2) is 29.3 Å². The van der Waals surface area contributed by atoms with Gasteiger partial charge in [0.2, 0.25) is 0 Å².